The second kappa shape index (κ2) is 7.77. The molecule has 7 heteroatoms. The van der Waals surface area contributed by atoms with Crippen molar-refractivity contribution in [3.05, 3.63) is 35.4 Å². The van der Waals surface area contributed by atoms with Crippen LogP contribution in [0.25, 0.3) is 0 Å². The Balaban J connectivity index is 0.00000208. The van der Waals surface area contributed by atoms with E-state index in [1.807, 2.05) is 0 Å². The van der Waals surface area contributed by atoms with Crippen molar-refractivity contribution < 1.29 is 14.4 Å². The normalized spacial score (nSPS) is 18.3. The summed E-state index contributed by atoms with van der Waals surface area (Å²) in [6.45, 7) is 0.758. The van der Waals surface area contributed by atoms with Crippen LogP contribution in [0.15, 0.2) is 24.3 Å². The maximum Gasteiger partial charge on any atom is 0.251 e. The molecule has 3 rings (SSSR count). The van der Waals surface area contributed by atoms with Gasteiger partial charge in [0.2, 0.25) is 11.8 Å². The predicted octanol–water partition coefficient (Wildman–Crippen LogP) is 1.22. The van der Waals surface area contributed by atoms with Gasteiger partial charge in [0.15, 0.2) is 0 Å². The Morgan fingerprint density at radius 2 is 1.75 bits per heavy atom. The topological polar surface area (TPSA) is 92.5 Å². The number of likely N-dealkylation sites (tertiary alicyclic amines) is 1. The molecule has 130 valence electrons. The molecule has 1 saturated carbocycles. The fourth-order valence-electron chi connectivity index (χ4n) is 2.75. The fraction of sp³-hybridized carbons (Fsp3) is 0.471. The summed E-state index contributed by atoms with van der Waals surface area (Å²) in [5.74, 6) is 0.131. The first-order chi connectivity index (χ1) is 11.0. The molecule has 3 amide bonds. The number of nitrogens with two attached hydrogens (primary N) is 1. The molecule has 6 nitrogen and oxygen atoms in total. The van der Waals surface area contributed by atoms with Gasteiger partial charge in [0.25, 0.3) is 5.91 Å². The van der Waals surface area contributed by atoms with E-state index in [0.29, 0.717) is 30.9 Å². The molecule has 3 N–H and O–H groups in total. The number of halogens is 1. The number of carbonyl (C=O) groups is 3. The Morgan fingerprint density at radius 1 is 1.17 bits per heavy atom. The molecular weight excluding hydrogens is 330 g/mol. The first-order valence-electron chi connectivity index (χ1n) is 8.00. The van der Waals surface area contributed by atoms with Gasteiger partial charge in [0, 0.05) is 31.0 Å². The number of hydrogen-bond acceptors (Lipinski definition) is 4. The van der Waals surface area contributed by atoms with Crippen molar-refractivity contribution in [1.29, 1.82) is 0 Å². The Bertz CT molecular complexity index is 612. The van der Waals surface area contributed by atoms with Crippen molar-refractivity contribution >= 4 is 30.1 Å². The van der Waals surface area contributed by atoms with E-state index >= 15 is 0 Å². The molecule has 1 aromatic carbocycles. The van der Waals surface area contributed by atoms with Gasteiger partial charge >= 0.3 is 0 Å². The molecule has 0 aromatic heterocycles. The lowest BCUT2D eigenvalue weighted by atomic mass is 10.1. The Hall–Kier alpha value is -1.92. The van der Waals surface area contributed by atoms with Crippen LogP contribution in [-0.2, 0) is 16.1 Å². The molecule has 0 radical (unpaired) electrons. The number of carbonyl (C=O) groups excluding carboxylic acids is 3. The molecule has 24 heavy (non-hydrogen) atoms. The lowest BCUT2D eigenvalue weighted by Crippen LogP contribution is -2.38. The van der Waals surface area contributed by atoms with Crippen molar-refractivity contribution in [1.82, 2.24) is 10.2 Å². The highest BCUT2D eigenvalue weighted by molar-refractivity contribution is 6.01. The Kier molecular flexibility index (Phi) is 5.96. The monoisotopic (exact) mass is 351 g/mol. The standard InChI is InChI=1S/C17H21N3O3.ClH/c18-14(12-5-6-12)9-19-17(23)13-3-1-11(2-4-13)10-20-15(21)7-8-16(20)22;/h1-4,12,14H,5-10,18H2,(H,19,23);1H. The van der Waals surface area contributed by atoms with Crippen molar-refractivity contribution in [2.75, 3.05) is 6.54 Å². The number of nitrogens with one attached hydrogen (secondary N) is 1. The van der Waals surface area contributed by atoms with Crippen LogP contribution in [0, 0.1) is 5.92 Å². The van der Waals surface area contributed by atoms with E-state index in [4.69, 9.17) is 5.73 Å². The molecular formula is C17H22ClN3O3. The minimum Gasteiger partial charge on any atom is -0.350 e. The highest BCUT2D eigenvalue weighted by atomic mass is 35.5. The molecule has 0 spiro atoms. The van der Waals surface area contributed by atoms with Crippen LogP contribution >= 0.6 is 12.4 Å². The van der Waals surface area contributed by atoms with Gasteiger partial charge in [-0.1, -0.05) is 12.1 Å². The fourth-order valence-corrected chi connectivity index (χ4v) is 2.75. The summed E-state index contributed by atoms with van der Waals surface area (Å²) in [6, 6.07) is 6.99. The van der Waals surface area contributed by atoms with Crippen molar-refractivity contribution in [3.63, 3.8) is 0 Å². The zero-order chi connectivity index (χ0) is 16.4. The maximum atomic E-state index is 12.1. The van der Waals surface area contributed by atoms with Gasteiger partial charge in [0.05, 0.1) is 6.54 Å². The van der Waals surface area contributed by atoms with Gasteiger partial charge in [-0.15, -0.1) is 12.4 Å². The van der Waals surface area contributed by atoms with E-state index in [2.05, 4.69) is 5.32 Å². The third-order valence-electron chi connectivity index (χ3n) is 4.44. The number of amides is 3. The van der Waals surface area contributed by atoms with E-state index in [1.54, 1.807) is 24.3 Å². The summed E-state index contributed by atoms with van der Waals surface area (Å²) >= 11 is 0. The molecule has 1 atom stereocenters. The average molecular weight is 352 g/mol. The van der Waals surface area contributed by atoms with E-state index in [1.165, 1.54) is 4.90 Å². The van der Waals surface area contributed by atoms with Crippen molar-refractivity contribution in [2.24, 2.45) is 11.7 Å². The van der Waals surface area contributed by atoms with E-state index in [-0.39, 0.29) is 42.7 Å². The predicted molar refractivity (Wildman–Crippen MR) is 91.5 cm³/mol. The van der Waals surface area contributed by atoms with Gasteiger partial charge in [0.1, 0.15) is 0 Å². The zero-order valence-electron chi connectivity index (χ0n) is 13.4. The first-order valence-corrected chi connectivity index (χ1v) is 8.00. The molecule has 1 saturated heterocycles. The zero-order valence-corrected chi connectivity index (χ0v) is 14.2. The van der Waals surface area contributed by atoms with E-state index in [0.717, 1.165) is 18.4 Å². The third-order valence-corrected chi connectivity index (χ3v) is 4.44. The molecule has 1 aliphatic heterocycles. The van der Waals surface area contributed by atoms with Gasteiger partial charge in [-0.25, -0.2) is 0 Å². The largest absolute Gasteiger partial charge is 0.350 e. The highest BCUT2D eigenvalue weighted by Gasteiger charge is 2.29. The van der Waals surface area contributed by atoms with Crippen LogP contribution in [0.5, 0.6) is 0 Å². The van der Waals surface area contributed by atoms with Crippen molar-refractivity contribution in [3.8, 4) is 0 Å². The SMILES string of the molecule is Cl.NC(CNC(=O)c1ccc(CN2C(=O)CCC2=O)cc1)C1CC1. The van der Waals surface area contributed by atoms with Gasteiger partial charge < -0.3 is 11.1 Å². The number of benzene rings is 1. The van der Waals surface area contributed by atoms with Crippen LogP contribution in [0.1, 0.15) is 41.6 Å². The quantitative estimate of drug-likeness (QED) is 0.754. The van der Waals surface area contributed by atoms with Crippen LogP contribution in [0.4, 0.5) is 0 Å². The number of rotatable bonds is 6. The maximum absolute atomic E-state index is 12.1. The summed E-state index contributed by atoms with van der Waals surface area (Å²) in [4.78, 5) is 36.5. The summed E-state index contributed by atoms with van der Waals surface area (Å²) in [5, 5.41) is 2.84. The molecule has 1 aromatic rings. The van der Waals surface area contributed by atoms with Crippen LogP contribution < -0.4 is 11.1 Å². The molecule has 1 unspecified atom stereocenters. The summed E-state index contributed by atoms with van der Waals surface area (Å²) in [7, 11) is 0. The number of nitrogens with zero attached hydrogens (tertiary/aromatic N) is 1. The van der Waals surface area contributed by atoms with Gasteiger partial charge in [-0.05, 0) is 36.5 Å². The lowest BCUT2D eigenvalue weighted by Gasteiger charge is -2.14. The Labute approximate surface area is 147 Å². The first kappa shape index (κ1) is 18.4. The minimum atomic E-state index is -0.152. The van der Waals surface area contributed by atoms with E-state index < -0.39 is 0 Å². The molecule has 1 aliphatic carbocycles. The van der Waals surface area contributed by atoms with Crippen LogP contribution in [0.2, 0.25) is 0 Å². The summed E-state index contributed by atoms with van der Waals surface area (Å²) in [6.07, 6.45) is 2.89. The second-order valence-electron chi connectivity index (χ2n) is 6.28. The number of imide groups is 1. The summed E-state index contributed by atoms with van der Waals surface area (Å²) in [5.41, 5.74) is 7.35. The average Bonchev–Trinajstić information content (AvgIpc) is 3.36. The summed E-state index contributed by atoms with van der Waals surface area (Å²) < 4.78 is 0. The van der Waals surface area contributed by atoms with Crippen molar-refractivity contribution in [2.45, 2.75) is 38.3 Å². The highest BCUT2D eigenvalue weighted by Crippen LogP contribution is 2.31. The molecule has 0 bridgehead atoms. The third kappa shape index (κ3) is 4.33. The smallest absolute Gasteiger partial charge is 0.251 e. The number of hydrogen-bond donors (Lipinski definition) is 2. The van der Waals surface area contributed by atoms with Gasteiger partial charge in [-0.2, -0.15) is 0 Å². The van der Waals surface area contributed by atoms with Gasteiger partial charge in [-0.3, -0.25) is 19.3 Å². The molecule has 2 fully saturated rings. The second-order valence-corrected chi connectivity index (χ2v) is 6.28. The lowest BCUT2D eigenvalue weighted by molar-refractivity contribution is -0.139. The minimum absolute atomic E-state index is 0. The van der Waals surface area contributed by atoms with Crippen LogP contribution in [0.3, 0.4) is 0 Å². The molecule has 1 heterocycles. The Morgan fingerprint density at radius 3 is 2.29 bits per heavy atom. The van der Waals surface area contributed by atoms with E-state index in [9.17, 15) is 14.4 Å². The molecule has 2 aliphatic rings. The van der Waals surface area contributed by atoms with Crippen LogP contribution in [-0.4, -0.2) is 35.2 Å².